The fourth-order valence-electron chi connectivity index (χ4n) is 1.98. The molecule has 18 heavy (non-hydrogen) atoms. The second kappa shape index (κ2) is 7.93. The number of rotatable bonds is 3. The van der Waals surface area contributed by atoms with E-state index in [1.54, 1.807) is 11.3 Å². The number of likely N-dealkylation sites (tertiary alicyclic amines) is 1. The van der Waals surface area contributed by atoms with E-state index in [9.17, 15) is 0 Å². The highest BCUT2D eigenvalue weighted by Crippen LogP contribution is 2.14. The first-order chi connectivity index (χ1) is 8.31. The van der Waals surface area contributed by atoms with Crippen molar-refractivity contribution in [3.63, 3.8) is 0 Å². The van der Waals surface area contributed by atoms with Gasteiger partial charge >= 0.3 is 0 Å². The number of guanidine groups is 1. The molecule has 6 heteroatoms. The maximum Gasteiger partial charge on any atom is 0.194 e. The number of hydrogen-bond donors (Lipinski definition) is 1. The number of aromatic nitrogens is 1. The van der Waals surface area contributed by atoms with Gasteiger partial charge in [-0.25, -0.2) is 9.98 Å². The van der Waals surface area contributed by atoms with Gasteiger partial charge in [-0.05, 0) is 26.7 Å². The van der Waals surface area contributed by atoms with E-state index >= 15 is 0 Å². The first kappa shape index (κ1) is 15.7. The van der Waals surface area contributed by atoms with Crippen molar-refractivity contribution < 1.29 is 0 Å². The molecule has 102 valence electrons. The molecule has 0 unspecified atom stereocenters. The molecule has 2 heterocycles. The Morgan fingerprint density at radius 2 is 2.22 bits per heavy atom. The molecule has 0 bridgehead atoms. The van der Waals surface area contributed by atoms with Gasteiger partial charge in [-0.3, -0.25) is 0 Å². The van der Waals surface area contributed by atoms with E-state index in [0.29, 0.717) is 0 Å². The van der Waals surface area contributed by atoms with Crippen molar-refractivity contribution in [2.75, 3.05) is 19.6 Å². The summed E-state index contributed by atoms with van der Waals surface area (Å²) >= 11 is 1.69. The molecule has 4 nitrogen and oxygen atoms in total. The lowest BCUT2D eigenvalue weighted by atomic mass is 10.4. The third kappa shape index (κ3) is 4.08. The lowest BCUT2D eigenvalue weighted by Crippen LogP contribution is -2.39. The van der Waals surface area contributed by atoms with Gasteiger partial charge in [0.15, 0.2) is 5.96 Å². The second-order valence-electron chi connectivity index (χ2n) is 4.23. The Labute approximate surface area is 130 Å². The zero-order valence-corrected chi connectivity index (χ0v) is 14.1. The average Bonchev–Trinajstić information content (AvgIpc) is 2.96. The van der Waals surface area contributed by atoms with Gasteiger partial charge in [-0.15, -0.1) is 35.3 Å². The summed E-state index contributed by atoms with van der Waals surface area (Å²) in [5, 5.41) is 3.37. The number of thiazole rings is 1. The summed E-state index contributed by atoms with van der Waals surface area (Å²) < 4.78 is 0. The molecule has 0 amide bonds. The first-order valence-corrected chi connectivity index (χ1v) is 7.11. The largest absolute Gasteiger partial charge is 0.357 e. The Morgan fingerprint density at radius 1 is 1.50 bits per heavy atom. The summed E-state index contributed by atoms with van der Waals surface area (Å²) in [4.78, 5) is 12.6. The molecule has 0 spiro atoms. The Hall–Kier alpha value is -0.370. The molecule has 0 aliphatic carbocycles. The summed E-state index contributed by atoms with van der Waals surface area (Å²) in [7, 11) is 0. The maximum atomic E-state index is 4.70. The van der Waals surface area contributed by atoms with Gasteiger partial charge in [-0.2, -0.15) is 0 Å². The van der Waals surface area contributed by atoms with Crippen molar-refractivity contribution in [1.29, 1.82) is 0 Å². The van der Waals surface area contributed by atoms with Crippen LogP contribution in [0.5, 0.6) is 0 Å². The SMILES string of the molecule is CCNC(=NCc1scnc1C)N1CCCC1.I. The lowest BCUT2D eigenvalue weighted by molar-refractivity contribution is 0.494. The van der Waals surface area contributed by atoms with Crippen molar-refractivity contribution in [3.8, 4) is 0 Å². The average molecular weight is 380 g/mol. The molecule has 0 radical (unpaired) electrons. The van der Waals surface area contributed by atoms with E-state index in [2.05, 4.69) is 22.1 Å². The molecule has 1 aliphatic heterocycles. The monoisotopic (exact) mass is 380 g/mol. The summed E-state index contributed by atoms with van der Waals surface area (Å²) in [5.41, 5.74) is 3.00. The molecule has 0 saturated carbocycles. The third-order valence-corrected chi connectivity index (χ3v) is 3.88. The van der Waals surface area contributed by atoms with Gasteiger partial charge in [0.2, 0.25) is 0 Å². The van der Waals surface area contributed by atoms with E-state index in [1.165, 1.54) is 17.7 Å². The molecule has 1 aromatic rings. The zero-order chi connectivity index (χ0) is 12.1. The molecule has 1 fully saturated rings. The van der Waals surface area contributed by atoms with E-state index < -0.39 is 0 Å². The van der Waals surface area contributed by atoms with E-state index in [0.717, 1.165) is 37.8 Å². The predicted molar refractivity (Wildman–Crippen MR) is 87.9 cm³/mol. The predicted octanol–water partition coefficient (Wildman–Crippen LogP) is 2.63. The van der Waals surface area contributed by atoms with Crippen molar-refractivity contribution in [2.24, 2.45) is 4.99 Å². The fraction of sp³-hybridized carbons (Fsp3) is 0.667. The Balaban J connectivity index is 0.00000162. The number of halogens is 1. The van der Waals surface area contributed by atoms with Gasteiger partial charge < -0.3 is 10.2 Å². The molecule has 2 rings (SSSR count). The van der Waals surface area contributed by atoms with Crippen LogP contribution in [0.2, 0.25) is 0 Å². The molecule has 0 aromatic carbocycles. The first-order valence-electron chi connectivity index (χ1n) is 6.23. The molecule has 1 saturated heterocycles. The number of aliphatic imine (C=N–C) groups is 1. The Bertz CT molecular complexity index is 385. The fourth-order valence-corrected chi connectivity index (χ4v) is 2.68. The lowest BCUT2D eigenvalue weighted by Gasteiger charge is -2.20. The van der Waals surface area contributed by atoms with Crippen LogP contribution in [0.15, 0.2) is 10.5 Å². The third-order valence-electron chi connectivity index (χ3n) is 2.96. The number of nitrogens with one attached hydrogen (secondary N) is 1. The van der Waals surface area contributed by atoms with Crippen LogP contribution in [0.1, 0.15) is 30.3 Å². The van der Waals surface area contributed by atoms with E-state index in [4.69, 9.17) is 4.99 Å². The normalized spacial score (nSPS) is 15.7. The Kier molecular flexibility index (Phi) is 6.91. The molecular weight excluding hydrogens is 359 g/mol. The van der Waals surface area contributed by atoms with Crippen LogP contribution >= 0.6 is 35.3 Å². The van der Waals surface area contributed by atoms with Crippen LogP contribution in [-0.4, -0.2) is 35.5 Å². The molecule has 1 aromatic heterocycles. The van der Waals surface area contributed by atoms with Crippen molar-refractivity contribution in [2.45, 2.75) is 33.2 Å². The molecular formula is C12H21IN4S. The summed E-state index contributed by atoms with van der Waals surface area (Å²) in [6, 6.07) is 0. The smallest absolute Gasteiger partial charge is 0.194 e. The van der Waals surface area contributed by atoms with Crippen LogP contribution in [0.25, 0.3) is 0 Å². The molecule has 0 atom stereocenters. The van der Waals surface area contributed by atoms with Crippen LogP contribution in [-0.2, 0) is 6.54 Å². The van der Waals surface area contributed by atoms with Crippen LogP contribution in [0, 0.1) is 6.92 Å². The number of nitrogens with zero attached hydrogens (tertiary/aromatic N) is 3. The van der Waals surface area contributed by atoms with E-state index in [1.807, 2.05) is 12.4 Å². The van der Waals surface area contributed by atoms with E-state index in [-0.39, 0.29) is 24.0 Å². The van der Waals surface area contributed by atoms with Crippen molar-refractivity contribution >= 4 is 41.3 Å². The summed E-state index contributed by atoms with van der Waals surface area (Å²) in [6.45, 7) is 8.10. The van der Waals surface area contributed by atoms with Crippen LogP contribution in [0.3, 0.4) is 0 Å². The minimum Gasteiger partial charge on any atom is -0.357 e. The topological polar surface area (TPSA) is 40.5 Å². The van der Waals surface area contributed by atoms with Crippen LogP contribution in [0.4, 0.5) is 0 Å². The molecule has 1 N–H and O–H groups in total. The number of hydrogen-bond acceptors (Lipinski definition) is 3. The summed E-state index contributed by atoms with van der Waals surface area (Å²) in [5.74, 6) is 1.05. The van der Waals surface area contributed by atoms with Gasteiger partial charge in [0.1, 0.15) is 0 Å². The summed E-state index contributed by atoms with van der Waals surface area (Å²) in [6.07, 6.45) is 2.56. The van der Waals surface area contributed by atoms with Crippen molar-refractivity contribution in [3.05, 3.63) is 16.1 Å². The number of aryl methyl sites for hydroxylation is 1. The quantitative estimate of drug-likeness (QED) is 0.498. The van der Waals surface area contributed by atoms with Crippen molar-refractivity contribution in [1.82, 2.24) is 15.2 Å². The molecule has 1 aliphatic rings. The second-order valence-corrected chi connectivity index (χ2v) is 5.16. The van der Waals surface area contributed by atoms with Gasteiger partial charge in [0, 0.05) is 24.5 Å². The minimum atomic E-state index is 0. The standard InChI is InChI=1S/C12H20N4S.HI/c1-3-13-12(16-6-4-5-7-16)14-8-11-10(2)15-9-17-11;/h9H,3-8H2,1-2H3,(H,13,14);1H. The van der Waals surface area contributed by atoms with Gasteiger partial charge in [0.05, 0.1) is 17.7 Å². The zero-order valence-electron chi connectivity index (χ0n) is 11.0. The highest BCUT2D eigenvalue weighted by atomic mass is 127. The van der Waals surface area contributed by atoms with Crippen LogP contribution < -0.4 is 5.32 Å². The highest BCUT2D eigenvalue weighted by molar-refractivity contribution is 14.0. The van der Waals surface area contributed by atoms with Gasteiger partial charge in [-0.1, -0.05) is 0 Å². The minimum absolute atomic E-state index is 0. The highest BCUT2D eigenvalue weighted by Gasteiger charge is 2.15. The maximum absolute atomic E-state index is 4.70. The Morgan fingerprint density at radius 3 is 2.78 bits per heavy atom. The van der Waals surface area contributed by atoms with Gasteiger partial charge in [0.25, 0.3) is 0 Å².